The second-order valence-electron chi connectivity index (χ2n) is 11.9. The highest BCUT2D eigenvalue weighted by molar-refractivity contribution is 5.91. The molecular weight excluding hydrogens is 518 g/mol. The number of rotatable bonds is 6. The Morgan fingerprint density at radius 1 is 1.10 bits per heavy atom. The van der Waals surface area contributed by atoms with E-state index in [2.05, 4.69) is 57.8 Å². The van der Waals surface area contributed by atoms with E-state index in [-0.39, 0.29) is 5.97 Å². The van der Waals surface area contributed by atoms with E-state index in [1.165, 1.54) is 6.92 Å². The van der Waals surface area contributed by atoms with Crippen LogP contribution in [0, 0.1) is 0 Å². The van der Waals surface area contributed by atoms with Crippen molar-refractivity contribution < 1.29 is 14.3 Å². The number of fused-ring (bicyclic) bond motifs is 1. The van der Waals surface area contributed by atoms with Crippen molar-refractivity contribution in [2.24, 2.45) is 0 Å². The van der Waals surface area contributed by atoms with Crippen LogP contribution in [0.2, 0.25) is 0 Å². The molecule has 0 aliphatic carbocycles. The highest BCUT2D eigenvalue weighted by Gasteiger charge is 2.44. The largest absolute Gasteiger partial charge is 0.449 e. The molecule has 10 nitrogen and oxygen atoms in total. The summed E-state index contributed by atoms with van der Waals surface area (Å²) in [5.74, 6) is -0.311. The van der Waals surface area contributed by atoms with E-state index in [1.807, 2.05) is 18.6 Å². The Labute approximate surface area is 239 Å². The van der Waals surface area contributed by atoms with E-state index in [0.29, 0.717) is 25.3 Å². The number of anilines is 1. The number of hydrogen-bond donors (Lipinski definition) is 1. The predicted octanol–water partition coefficient (Wildman–Crippen LogP) is 4.53. The fourth-order valence-corrected chi connectivity index (χ4v) is 6.54. The first-order valence-corrected chi connectivity index (χ1v) is 14.7. The number of aromatic nitrogens is 5. The molecule has 3 saturated heterocycles. The molecule has 0 bridgehead atoms. The van der Waals surface area contributed by atoms with Crippen molar-refractivity contribution in [3.63, 3.8) is 0 Å². The first-order chi connectivity index (χ1) is 19.9. The number of aromatic amines is 1. The number of likely N-dealkylation sites (tertiary alicyclic amines) is 1. The number of piperidine rings is 1. The summed E-state index contributed by atoms with van der Waals surface area (Å²) >= 11 is 0. The zero-order valence-electron chi connectivity index (χ0n) is 24.0. The number of hydrogen-bond acceptors (Lipinski definition) is 8. The first-order valence-electron chi connectivity index (χ1n) is 14.7. The fourth-order valence-electron chi connectivity index (χ4n) is 6.54. The Kier molecular flexibility index (Phi) is 6.54. The van der Waals surface area contributed by atoms with Crippen molar-refractivity contribution in [1.29, 1.82) is 0 Å². The second kappa shape index (κ2) is 10.3. The minimum atomic E-state index is -0.779. The highest BCUT2D eigenvalue weighted by Crippen LogP contribution is 2.40. The number of benzene rings is 1. The normalized spacial score (nSPS) is 21.3. The molecule has 4 aromatic rings. The molecule has 0 saturated carbocycles. The van der Waals surface area contributed by atoms with Gasteiger partial charge >= 0.3 is 5.97 Å². The molecule has 1 N–H and O–H groups in total. The Hall–Kier alpha value is -3.76. The number of H-pyrrole nitrogens is 1. The van der Waals surface area contributed by atoms with Gasteiger partial charge in [-0.2, -0.15) is 5.10 Å². The van der Waals surface area contributed by atoms with Gasteiger partial charge < -0.3 is 24.3 Å². The lowest BCUT2D eigenvalue weighted by molar-refractivity contribution is -0.216. The van der Waals surface area contributed by atoms with Gasteiger partial charge in [-0.25, -0.2) is 9.97 Å². The molecule has 6 heterocycles. The summed E-state index contributed by atoms with van der Waals surface area (Å²) in [4.78, 5) is 30.0. The van der Waals surface area contributed by atoms with Gasteiger partial charge in [0.2, 0.25) is 0 Å². The lowest BCUT2D eigenvalue weighted by Gasteiger charge is -2.41. The van der Waals surface area contributed by atoms with Crippen molar-refractivity contribution in [3.05, 3.63) is 48.5 Å². The molecule has 10 heteroatoms. The van der Waals surface area contributed by atoms with Crippen molar-refractivity contribution in [2.75, 3.05) is 44.8 Å². The quantitative estimate of drug-likeness (QED) is 0.346. The van der Waals surface area contributed by atoms with Gasteiger partial charge in [0.05, 0.1) is 37.3 Å². The van der Waals surface area contributed by atoms with Gasteiger partial charge in [-0.15, -0.1) is 0 Å². The maximum Gasteiger partial charge on any atom is 0.303 e. The molecule has 0 radical (unpaired) electrons. The molecule has 41 heavy (non-hydrogen) atoms. The van der Waals surface area contributed by atoms with Crippen LogP contribution in [-0.4, -0.2) is 81.5 Å². The number of esters is 1. The van der Waals surface area contributed by atoms with Crippen molar-refractivity contribution in [3.8, 4) is 22.4 Å². The number of carbonyl (C=O) groups is 1. The average molecular weight is 556 g/mol. The van der Waals surface area contributed by atoms with Crippen LogP contribution >= 0.6 is 0 Å². The van der Waals surface area contributed by atoms with Crippen LogP contribution in [0.1, 0.15) is 51.1 Å². The number of carbonyl (C=O) groups excluding carboxylic acids is 1. The summed E-state index contributed by atoms with van der Waals surface area (Å²) in [5, 5.41) is 4.73. The molecule has 7 rings (SSSR count). The Bertz CT molecular complexity index is 1580. The topological polar surface area (TPSA) is 101 Å². The summed E-state index contributed by atoms with van der Waals surface area (Å²) in [7, 11) is 2.17. The summed E-state index contributed by atoms with van der Waals surface area (Å²) in [5.41, 5.74) is 6.55. The second-order valence-corrected chi connectivity index (χ2v) is 11.9. The van der Waals surface area contributed by atoms with Gasteiger partial charge in [0.25, 0.3) is 0 Å². The molecule has 3 aliphatic rings. The number of ether oxygens (including phenoxy) is 2. The minimum absolute atomic E-state index is 0.311. The summed E-state index contributed by atoms with van der Waals surface area (Å²) in [6.07, 6.45) is 12.4. The molecule has 3 aliphatic heterocycles. The van der Waals surface area contributed by atoms with E-state index in [1.54, 1.807) is 0 Å². The van der Waals surface area contributed by atoms with Crippen LogP contribution in [0.4, 0.5) is 5.69 Å². The molecule has 3 aromatic heterocycles. The summed E-state index contributed by atoms with van der Waals surface area (Å²) in [6.45, 7) is 7.58. The van der Waals surface area contributed by atoms with Crippen LogP contribution in [0.5, 0.6) is 0 Å². The van der Waals surface area contributed by atoms with Gasteiger partial charge in [-0.05, 0) is 70.9 Å². The third-order valence-corrected chi connectivity index (χ3v) is 8.99. The van der Waals surface area contributed by atoms with E-state index in [0.717, 1.165) is 90.1 Å². The molecule has 0 amide bonds. The molecule has 1 atom stereocenters. The minimum Gasteiger partial charge on any atom is -0.449 e. The SMILES string of the molecule is CC(=O)OC1(c2cc(-c3cnc4[nH]cc(-c5cnn(C6CCN(C)CC6)c5)c4n3)cc(N3CCCC3C)c2)COC1. The van der Waals surface area contributed by atoms with E-state index < -0.39 is 5.60 Å². The zero-order valence-corrected chi connectivity index (χ0v) is 24.0. The molecule has 0 spiro atoms. The van der Waals surface area contributed by atoms with E-state index in [9.17, 15) is 4.79 Å². The van der Waals surface area contributed by atoms with Gasteiger partial charge in [-0.1, -0.05) is 0 Å². The number of nitrogens with one attached hydrogen (secondary N) is 1. The molecule has 214 valence electrons. The third-order valence-electron chi connectivity index (χ3n) is 8.99. The van der Waals surface area contributed by atoms with Crippen LogP contribution in [0.25, 0.3) is 33.5 Å². The van der Waals surface area contributed by atoms with E-state index in [4.69, 9.17) is 24.5 Å². The standard InChI is InChI=1S/C31H37N7O3/c1-20-5-4-8-37(20)26-12-22(11-24(13-26)31(18-40-19-31)41-21(2)39)28-16-33-30-29(35-28)27(15-32-30)23-14-34-38(17-23)25-6-9-36(3)10-7-25/h11-17,20,25H,4-10,18-19H2,1-3H3,(H,32,33). The summed E-state index contributed by atoms with van der Waals surface area (Å²) < 4.78 is 13.5. The van der Waals surface area contributed by atoms with Crippen molar-refractivity contribution in [2.45, 2.75) is 57.2 Å². The Morgan fingerprint density at radius 3 is 2.63 bits per heavy atom. The van der Waals surface area contributed by atoms with Gasteiger partial charge in [0.15, 0.2) is 11.2 Å². The monoisotopic (exact) mass is 555 g/mol. The lowest BCUT2D eigenvalue weighted by atomic mass is 9.89. The van der Waals surface area contributed by atoms with Crippen molar-refractivity contribution >= 4 is 22.8 Å². The highest BCUT2D eigenvalue weighted by atomic mass is 16.6. The van der Waals surface area contributed by atoms with Gasteiger partial charge in [-0.3, -0.25) is 9.48 Å². The molecule has 3 fully saturated rings. The zero-order chi connectivity index (χ0) is 28.1. The van der Waals surface area contributed by atoms with Crippen LogP contribution in [0.3, 0.4) is 0 Å². The fraction of sp³-hybridized carbons (Fsp3) is 0.484. The maximum atomic E-state index is 12.1. The van der Waals surface area contributed by atoms with Crippen molar-refractivity contribution in [1.82, 2.24) is 29.6 Å². The van der Waals surface area contributed by atoms with Crippen LogP contribution < -0.4 is 4.90 Å². The third kappa shape index (κ3) is 4.78. The molecule has 1 aromatic carbocycles. The average Bonchev–Trinajstić information content (AvgIpc) is 3.70. The van der Waals surface area contributed by atoms with E-state index >= 15 is 0 Å². The smallest absolute Gasteiger partial charge is 0.303 e. The van der Waals surface area contributed by atoms with Gasteiger partial charge in [0, 0.05) is 59.8 Å². The van der Waals surface area contributed by atoms with Crippen LogP contribution in [-0.2, 0) is 19.9 Å². The maximum absolute atomic E-state index is 12.1. The molecular formula is C31H37N7O3. The lowest BCUT2D eigenvalue weighted by Crippen LogP contribution is -2.50. The van der Waals surface area contributed by atoms with Crippen LogP contribution in [0.15, 0.2) is 43.0 Å². The Balaban J connectivity index is 1.28. The first kappa shape index (κ1) is 26.2. The predicted molar refractivity (Wildman–Crippen MR) is 157 cm³/mol. The molecule has 1 unspecified atom stereocenters. The number of nitrogens with zero attached hydrogens (tertiary/aromatic N) is 6. The summed E-state index contributed by atoms with van der Waals surface area (Å²) in [6, 6.07) is 7.28. The van der Waals surface area contributed by atoms with Gasteiger partial charge in [0.1, 0.15) is 5.52 Å². The Morgan fingerprint density at radius 2 is 1.93 bits per heavy atom.